The van der Waals surface area contributed by atoms with Crippen molar-refractivity contribution in [3.8, 4) is 0 Å². The van der Waals surface area contributed by atoms with Crippen molar-refractivity contribution in [3.63, 3.8) is 0 Å². The van der Waals surface area contributed by atoms with Gasteiger partial charge in [-0.3, -0.25) is 0 Å². The van der Waals surface area contributed by atoms with Crippen molar-refractivity contribution >= 4 is 0 Å². The highest BCUT2D eigenvalue weighted by Gasteiger charge is 2.25. The fourth-order valence-electron chi connectivity index (χ4n) is 3.19. The van der Waals surface area contributed by atoms with Crippen molar-refractivity contribution < 1.29 is 5.11 Å². The van der Waals surface area contributed by atoms with E-state index in [2.05, 4.69) is 12.2 Å². The lowest BCUT2D eigenvalue weighted by Gasteiger charge is -2.20. The fraction of sp³-hybridized carbons (Fsp3) is 1.00. The lowest BCUT2D eigenvalue weighted by Crippen LogP contribution is -2.37. The van der Waals surface area contributed by atoms with E-state index in [0.717, 1.165) is 12.5 Å². The molecule has 0 heterocycles. The molecule has 88 valence electrons. The topological polar surface area (TPSA) is 32.3 Å². The number of hydrogen-bond acceptors (Lipinski definition) is 2. The van der Waals surface area contributed by atoms with Crippen molar-refractivity contribution in [1.82, 2.24) is 5.32 Å². The number of hydrogen-bond donors (Lipinski definition) is 2. The zero-order chi connectivity index (χ0) is 10.7. The maximum atomic E-state index is 10.0. The van der Waals surface area contributed by atoms with Crippen molar-refractivity contribution in [3.05, 3.63) is 0 Å². The van der Waals surface area contributed by atoms with Gasteiger partial charge in [-0.2, -0.15) is 0 Å². The summed E-state index contributed by atoms with van der Waals surface area (Å²) in [6.45, 7) is 3.15. The molecule has 0 bridgehead atoms. The van der Waals surface area contributed by atoms with E-state index in [-0.39, 0.29) is 6.10 Å². The Kier molecular flexibility index (Phi) is 4.04. The van der Waals surface area contributed by atoms with Gasteiger partial charge in [0.15, 0.2) is 0 Å². The third-order valence-corrected chi connectivity index (χ3v) is 4.25. The molecule has 2 nitrogen and oxygen atoms in total. The Hall–Kier alpha value is -0.0800. The van der Waals surface area contributed by atoms with Gasteiger partial charge in [0.05, 0.1) is 6.10 Å². The molecule has 2 aliphatic rings. The summed E-state index contributed by atoms with van der Waals surface area (Å²) in [5, 5.41) is 13.6. The van der Waals surface area contributed by atoms with Crippen LogP contribution in [0.3, 0.4) is 0 Å². The van der Waals surface area contributed by atoms with E-state index in [1.165, 1.54) is 44.9 Å². The van der Waals surface area contributed by atoms with Gasteiger partial charge >= 0.3 is 0 Å². The maximum absolute atomic E-state index is 10.0. The minimum absolute atomic E-state index is 0.0941. The first kappa shape index (κ1) is 11.4. The Morgan fingerprint density at radius 1 is 1.20 bits per heavy atom. The van der Waals surface area contributed by atoms with Gasteiger partial charge in [0.25, 0.3) is 0 Å². The van der Waals surface area contributed by atoms with Crippen LogP contribution in [0, 0.1) is 11.8 Å². The van der Waals surface area contributed by atoms with Crippen LogP contribution >= 0.6 is 0 Å². The minimum Gasteiger partial charge on any atom is -0.392 e. The zero-order valence-corrected chi connectivity index (χ0v) is 9.91. The molecular formula is C13H25NO. The molecule has 15 heavy (non-hydrogen) atoms. The maximum Gasteiger partial charge on any atom is 0.0692 e. The standard InChI is InChI=1S/C13H25NO/c1-10-6-7-12(8-10)14-9-13(15)11-4-2-3-5-11/h10-15H,2-9H2,1H3. The van der Waals surface area contributed by atoms with E-state index in [0.29, 0.717) is 12.0 Å². The van der Waals surface area contributed by atoms with Crippen molar-refractivity contribution in [2.75, 3.05) is 6.54 Å². The molecule has 2 rings (SSSR count). The largest absolute Gasteiger partial charge is 0.392 e. The molecule has 2 N–H and O–H groups in total. The highest BCUT2D eigenvalue weighted by molar-refractivity contribution is 4.82. The van der Waals surface area contributed by atoms with E-state index in [4.69, 9.17) is 0 Å². The second-order valence-corrected chi connectivity index (χ2v) is 5.64. The smallest absolute Gasteiger partial charge is 0.0692 e. The molecule has 0 amide bonds. The normalized spacial score (nSPS) is 34.8. The molecule has 2 aliphatic carbocycles. The first-order valence-corrected chi connectivity index (χ1v) is 6.67. The summed E-state index contributed by atoms with van der Waals surface area (Å²) < 4.78 is 0. The summed E-state index contributed by atoms with van der Waals surface area (Å²) in [5.74, 6) is 1.46. The van der Waals surface area contributed by atoms with E-state index in [1.54, 1.807) is 0 Å². The van der Waals surface area contributed by atoms with Crippen LogP contribution in [0.4, 0.5) is 0 Å². The number of aliphatic hydroxyl groups excluding tert-OH is 1. The van der Waals surface area contributed by atoms with Crippen LogP contribution < -0.4 is 5.32 Å². The van der Waals surface area contributed by atoms with E-state index in [1.807, 2.05) is 0 Å². The Morgan fingerprint density at radius 2 is 1.93 bits per heavy atom. The Labute approximate surface area is 93.5 Å². The van der Waals surface area contributed by atoms with Gasteiger partial charge in [-0.1, -0.05) is 19.8 Å². The fourth-order valence-corrected chi connectivity index (χ4v) is 3.19. The Balaban J connectivity index is 1.64. The summed E-state index contributed by atoms with van der Waals surface area (Å²) in [7, 11) is 0. The van der Waals surface area contributed by atoms with Gasteiger partial charge in [0.1, 0.15) is 0 Å². The van der Waals surface area contributed by atoms with Crippen molar-refractivity contribution in [1.29, 1.82) is 0 Å². The third-order valence-electron chi connectivity index (χ3n) is 4.25. The van der Waals surface area contributed by atoms with E-state index < -0.39 is 0 Å². The minimum atomic E-state index is -0.0941. The third kappa shape index (κ3) is 3.18. The molecule has 0 radical (unpaired) electrons. The molecule has 0 aliphatic heterocycles. The zero-order valence-electron chi connectivity index (χ0n) is 9.91. The van der Waals surface area contributed by atoms with E-state index in [9.17, 15) is 5.11 Å². The van der Waals surface area contributed by atoms with Crippen molar-refractivity contribution in [2.45, 2.75) is 64.0 Å². The predicted molar refractivity (Wildman–Crippen MR) is 62.8 cm³/mol. The average molecular weight is 211 g/mol. The predicted octanol–water partition coefficient (Wildman–Crippen LogP) is 2.32. The van der Waals surface area contributed by atoms with Gasteiger partial charge < -0.3 is 10.4 Å². The molecule has 2 heteroatoms. The lowest BCUT2D eigenvalue weighted by atomic mass is 10.0. The molecule has 3 unspecified atom stereocenters. The SMILES string of the molecule is CC1CCC(NCC(O)C2CCCC2)C1. The van der Waals surface area contributed by atoms with Gasteiger partial charge in [-0.25, -0.2) is 0 Å². The quantitative estimate of drug-likeness (QED) is 0.748. The van der Waals surface area contributed by atoms with Crippen LogP contribution in [0.1, 0.15) is 51.9 Å². The van der Waals surface area contributed by atoms with Crippen LogP contribution in [-0.2, 0) is 0 Å². The van der Waals surface area contributed by atoms with Gasteiger partial charge in [0, 0.05) is 12.6 Å². The molecule has 2 fully saturated rings. The van der Waals surface area contributed by atoms with Crippen LogP contribution in [0.25, 0.3) is 0 Å². The first-order valence-electron chi connectivity index (χ1n) is 6.67. The van der Waals surface area contributed by atoms with Gasteiger partial charge in [-0.05, 0) is 43.9 Å². The van der Waals surface area contributed by atoms with Gasteiger partial charge in [0.2, 0.25) is 0 Å². The molecular weight excluding hydrogens is 186 g/mol. The molecule has 0 saturated heterocycles. The molecule has 3 atom stereocenters. The Bertz CT molecular complexity index is 189. The second kappa shape index (κ2) is 5.31. The summed E-state index contributed by atoms with van der Waals surface area (Å²) in [6, 6.07) is 0.677. The van der Waals surface area contributed by atoms with Crippen LogP contribution in [-0.4, -0.2) is 23.8 Å². The average Bonchev–Trinajstić information content (AvgIpc) is 2.84. The molecule has 0 aromatic rings. The highest BCUT2D eigenvalue weighted by atomic mass is 16.3. The van der Waals surface area contributed by atoms with E-state index >= 15 is 0 Å². The number of aliphatic hydroxyl groups is 1. The Morgan fingerprint density at radius 3 is 2.53 bits per heavy atom. The summed E-state index contributed by atoms with van der Waals surface area (Å²) in [5.41, 5.74) is 0. The van der Waals surface area contributed by atoms with Gasteiger partial charge in [-0.15, -0.1) is 0 Å². The van der Waals surface area contributed by atoms with Crippen LogP contribution in [0.2, 0.25) is 0 Å². The second-order valence-electron chi connectivity index (χ2n) is 5.64. The molecule has 0 aromatic carbocycles. The van der Waals surface area contributed by atoms with Crippen LogP contribution in [0.5, 0.6) is 0 Å². The van der Waals surface area contributed by atoms with Crippen molar-refractivity contribution in [2.24, 2.45) is 11.8 Å². The first-order chi connectivity index (χ1) is 7.25. The number of rotatable bonds is 4. The molecule has 2 saturated carbocycles. The lowest BCUT2D eigenvalue weighted by molar-refractivity contribution is 0.106. The highest BCUT2D eigenvalue weighted by Crippen LogP contribution is 2.28. The summed E-state index contributed by atoms with van der Waals surface area (Å²) >= 11 is 0. The monoisotopic (exact) mass is 211 g/mol. The summed E-state index contributed by atoms with van der Waals surface area (Å²) in [4.78, 5) is 0. The summed E-state index contributed by atoms with van der Waals surface area (Å²) in [6.07, 6.45) is 8.99. The van der Waals surface area contributed by atoms with Crippen LogP contribution in [0.15, 0.2) is 0 Å². The molecule has 0 spiro atoms. The molecule has 0 aromatic heterocycles. The number of nitrogens with one attached hydrogen (secondary N) is 1.